The van der Waals surface area contributed by atoms with Crippen molar-refractivity contribution in [1.29, 1.82) is 0 Å². The lowest BCUT2D eigenvalue weighted by Crippen LogP contribution is -2.30. The fraction of sp³-hybridized carbons (Fsp3) is 0.188. The Kier molecular flexibility index (Phi) is 5.47. The molecule has 0 saturated carbocycles. The summed E-state index contributed by atoms with van der Waals surface area (Å²) in [7, 11) is 0. The SMILES string of the molecule is C[C@H](NCC(=O)Nc1ccc(F)cc1)c1ccccc1Br. The molecule has 1 atom stereocenters. The van der Waals surface area contributed by atoms with E-state index in [1.807, 2.05) is 31.2 Å². The molecule has 2 aromatic rings. The summed E-state index contributed by atoms with van der Waals surface area (Å²) in [5.74, 6) is -0.491. The average Bonchev–Trinajstić information content (AvgIpc) is 2.48. The molecule has 0 aromatic heterocycles. The molecule has 0 heterocycles. The number of rotatable bonds is 5. The second-order valence-corrected chi connectivity index (χ2v) is 5.53. The van der Waals surface area contributed by atoms with Crippen molar-refractivity contribution in [2.45, 2.75) is 13.0 Å². The summed E-state index contributed by atoms with van der Waals surface area (Å²) in [5, 5.41) is 5.87. The van der Waals surface area contributed by atoms with E-state index in [0.29, 0.717) is 5.69 Å². The van der Waals surface area contributed by atoms with Gasteiger partial charge < -0.3 is 10.6 Å². The Morgan fingerprint density at radius 1 is 1.19 bits per heavy atom. The Morgan fingerprint density at radius 2 is 1.86 bits per heavy atom. The van der Waals surface area contributed by atoms with E-state index in [9.17, 15) is 9.18 Å². The van der Waals surface area contributed by atoms with Gasteiger partial charge in [-0.25, -0.2) is 4.39 Å². The van der Waals surface area contributed by atoms with Gasteiger partial charge in [0.2, 0.25) is 5.91 Å². The van der Waals surface area contributed by atoms with Crippen molar-refractivity contribution in [2.75, 3.05) is 11.9 Å². The van der Waals surface area contributed by atoms with E-state index in [2.05, 4.69) is 26.6 Å². The summed E-state index contributed by atoms with van der Waals surface area (Å²) in [6, 6.07) is 13.6. The van der Waals surface area contributed by atoms with Crippen LogP contribution in [-0.4, -0.2) is 12.5 Å². The van der Waals surface area contributed by atoms with E-state index in [4.69, 9.17) is 0 Å². The molecule has 0 spiro atoms. The molecule has 0 aliphatic carbocycles. The first kappa shape index (κ1) is 15.7. The first-order valence-electron chi connectivity index (χ1n) is 6.59. The largest absolute Gasteiger partial charge is 0.325 e. The number of amides is 1. The number of halogens is 2. The van der Waals surface area contributed by atoms with E-state index >= 15 is 0 Å². The molecule has 2 rings (SSSR count). The molecular weight excluding hydrogens is 335 g/mol. The highest BCUT2D eigenvalue weighted by molar-refractivity contribution is 9.10. The lowest BCUT2D eigenvalue weighted by molar-refractivity contribution is -0.115. The zero-order valence-electron chi connectivity index (χ0n) is 11.6. The van der Waals surface area contributed by atoms with Crippen molar-refractivity contribution in [1.82, 2.24) is 5.32 Å². The van der Waals surface area contributed by atoms with Crippen molar-refractivity contribution >= 4 is 27.5 Å². The fourth-order valence-electron chi connectivity index (χ4n) is 1.92. The molecule has 0 bridgehead atoms. The smallest absolute Gasteiger partial charge is 0.238 e. The second kappa shape index (κ2) is 7.33. The van der Waals surface area contributed by atoms with Gasteiger partial charge >= 0.3 is 0 Å². The van der Waals surface area contributed by atoms with Crippen molar-refractivity contribution in [3.05, 3.63) is 64.4 Å². The molecule has 0 aliphatic heterocycles. The Balaban J connectivity index is 1.86. The van der Waals surface area contributed by atoms with Gasteiger partial charge in [0, 0.05) is 16.2 Å². The van der Waals surface area contributed by atoms with Crippen LogP contribution >= 0.6 is 15.9 Å². The molecular formula is C16H16BrFN2O. The molecule has 0 aliphatic rings. The van der Waals surface area contributed by atoms with E-state index in [1.165, 1.54) is 24.3 Å². The van der Waals surface area contributed by atoms with Crippen molar-refractivity contribution in [2.24, 2.45) is 0 Å². The van der Waals surface area contributed by atoms with Crippen LogP contribution in [-0.2, 0) is 4.79 Å². The van der Waals surface area contributed by atoms with Gasteiger partial charge in [0.25, 0.3) is 0 Å². The quantitative estimate of drug-likeness (QED) is 0.859. The molecule has 110 valence electrons. The number of benzene rings is 2. The number of carbonyl (C=O) groups excluding carboxylic acids is 1. The van der Waals surface area contributed by atoms with Crippen LogP contribution in [0.3, 0.4) is 0 Å². The summed E-state index contributed by atoms with van der Waals surface area (Å²) >= 11 is 3.49. The van der Waals surface area contributed by atoms with Gasteiger partial charge in [-0.1, -0.05) is 34.1 Å². The fourth-order valence-corrected chi connectivity index (χ4v) is 2.55. The number of carbonyl (C=O) groups is 1. The van der Waals surface area contributed by atoms with Crippen molar-refractivity contribution < 1.29 is 9.18 Å². The summed E-state index contributed by atoms with van der Waals surface area (Å²) in [6.45, 7) is 2.17. The minimum Gasteiger partial charge on any atom is -0.325 e. The summed E-state index contributed by atoms with van der Waals surface area (Å²) < 4.78 is 13.8. The van der Waals surface area contributed by atoms with Crippen LogP contribution in [0.4, 0.5) is 10.1 Å². The average molecular weight is 351 g/mol. The van der Waals surface area contributed by atoms with Gasteiger partial charge in [-0.15, -0.1) is 0 Å². The molecule has 1 amide bonds. The Morgan fingerprint density at radius 3 is 2.52 bits per heavy atom. The second-order valence-electron chi connectivity index (χ2n) is 4.68. The zero-order valence-corrected chi connectivity index (χ0v) is 13.2. The molecule has 3 nitrogen and oxygen atoms in total. The summed E-state index contributed by atoms with van der Waals surface area (Å²) in [5.41, 5.74) is 1.67. The molecule has 0 saturated heterocycles. The number of hydrogen-bond acceptors (Lipinski definition) is 2. The highest BCUT2D eigenvalue weighted by atomic mass is 79.9. The molecule has 0 fully saturated rings. The summed E-state index contributed by atoms with van der Waals surface area (Å²) in [4.78, 5) is 11.8. The Bertz CT molecular complexity index is 616. The highest BCUT2D eigenvalue weighted by Gasteiger charge is 2.10. The monoisotopic (exact) mass is 350 g/mol. The summed E-state index contributed by atoms with van der Waals surface area (Å²) in [6.07, 6.45) is 0. The first-order valence-corrected chi connectivity index (χ1v) is 7.39. The van der Waals surface area contributed by atoms with Crippen LogP contribution in [0, 0.1) is 5.82 Å². The Labute approximate surface area is 131 Å². The molecule has 0 unspecified atom stereocenters. The molecule has 0 radical (unpaired) electrons. The van der Waals surface area contributed by atoms with Crippen LogP contribution in [0.15, 0.2) is 53.0 Å². The van der Waals surface area contributed by atoms with Crippen LogP contribution in [0.2, 0.25) is 0 Å². The van der Waals surface area contributed by atoms with Gasteiger partial charge in [-0.2, -0.15) is 0 Å². The Hall–Kier alpha value is -1.72. The topological polar surface area (TPSA) is 41.1 Å². The van der Waals surface area contributed by atoms with Gasteiger partial charge in [0.05, 0.1) is 6.54 Å². The van der Waals surface area contributed by atoms with Gasteiger partial charge in [0.1, 0.15) is 5.82 Å². The third-order valence-corrected chi connectivity index (χ3v) is 3.79. The van der Waals surface area contributed by atoms with Gasteiger partial charge in [-0.05, 0) is 42.8 Å². The van der Waals surface area contributed by atoms with Crippen molar-refractivity contribution in [3.63, 3.8) is 0 Å². The van der Waals surface area contributed by atoms with Crippen LogP contribution in [0.1, 0.15) is 18.5 Å². The first-order chi connectivity index (χ1) is 10.1. The molecule has 5 heteroatoms. The normalized spacial score (nSPS) is 12.0. The minimum absolute atomic E-state index is 0.0412. The zero-order chi connectivity index (χ0) is 15.2. The van der Waals surface area contributed by atoms with Crippen LogP contribution < -0.4 is 10.6 Å². The molecule has 2 aromatic carbocycles. The lowest BCUT2D eigenvalue weighted by Gasteiger charge is -2.15. The van der Waals surface area contributed by atoms with Crippen LogP contribution in [0.25, 0.3) is 0 Å². The third kappa shape index (κ3) is 4.65. The third-order valence-electron chi connectivity index (χ3n) is 3.07. The lowest BCUT2D eigenvalue weighted by atomic mass is 10.1. The minimum atomic E-state index is -0.325. The predicted octanol–water partition coefficient (Wildman–Crippen LogP) is 3.88. The number of hydrogen-bond donors (Lipinski definition) is 2. The van der Waals surface area contributed by atoms with E-state index in [1.54, 1.807) is 0 Å². The molecule has 2 N–H and O–H groups in total. The maximum Gasteiger partial charge on any atom is 0.238 e. The van der Waals surface area contributed by atoms with Gasteiger partial charge in [-0.3, -0.25) is 4.79 Å². The van der Waals surface area contributed by atoms with Crippen LogP contribution in [0.5, 0.6) is 0 Å². The van der Waals surface area contributed by atoms with E-state index in [0.717, 1.165) is 10.0 Å². The maximum absolute atomic E-state index is 12.8. The molecule has 21 heavy (non-hydrogen) atoms. The number of anilines is 1. The van der Waals surface area contributed by atoms with E-state index < -0.39 is 0 Å². The predicted molar refractivity (Wildman–Crippen MR) is 85.6 cm³/mol. The number of nitrogens with one attached hydrogen (secondary N) is 2. The maximum atomic E-state index is 12.8. The standard InChI is InChI=1S/C16H16BrFN2O/c1-11(14-4-2-3-5-15(14)17)19-10-16(21)20-13-8-6-12(18)7-9-13/h2-9,11,19H,10H2,1H3,(H,20,21)/t11-/m0/s1. The highest BCUT2D eigenvalue weighted by Crippen LogP contribution is 2.22. The van der Waals surface area contributed by atoms with Crippen molar-refractivity contribution in [3.8, 4) is 0 Å². The van der Waals surface area contributed by atoms with E-state index in [-0.39, 0.29) is 24.3 Å². The van der Waals surface area contributed by atoms with Gasteiger partial charge in [0.15, 0.2) is 0 Å².